The maximum atomic E-state index is 14.0. The molecule has 0 aromatic heterocycles. The van der Waals surface area contributed by atoms with Gasteiger partial charge < -0.3 is 9.64 Å². The second-order valence-corrected chi connectivity index (χ2v) is 9.97. The van der Waals surface area contributed by atoms with Crippen LogP contribution in [0.25, 0.3) is 11.1 Å². The Morgan fingerprint density at radius 3 is 2.81 bits per heavy atom. The van der Waals surface area contributed by atoms with E-state index in [-0.39, 0.29) is 18.9 Å². The van der Waals surface area contributed by atoms with Crippen molar-refractivity contribution in [2.45, 2.75) is 37.8 Å². The number of rotatable bonds is 3. The lowest BCUT2D eigenvalue weighted by Gasteiger charge is -2.39. The maximum absolute atomic E-state index is 14.0. The number of carbonyl (C=O) groups is 1. The number of ether oxygens (including phenoxy) is 1. The third-order valence-electron chi connectivity index (χ3n) is 6.13. The van der Waals surface area contributed by atoms with E-state index in [1.54, 1.807) is 11.0 Å². The average Bonchev–Trinajstić information content (AvgIpc) is 2.79. The number of sulfonamides is 1. The van der Waals surface area contributed by atoms with Gasteiger partial charge in [0.05, 0.1) is 19.1 Å². The van der Waals surface area contributed by atoms with Crippen LogP contribution < -0.4 is 4.74 Å². The molecule has 1 amide bonds. The number of nitrogens with zero attached hydrogens (tertiary/aromatic N) is 2. The number of halogens is 2. The predicted molar refractivity (Wildman–Crippen MR) is 116 cm³/mol. The number of piperidine rings is 1. The van der Waals surface area contributed by atoms with Gasteiger partial charge in [0.15, 0.2) is 6.04 Å². The Morgan fingerprint density at radius 1 is 1.22 bits per heavy atom. The minimum atomic E-state index is -4.18. The van der Waals surface area contributed by atoms with Gasteiger partial charge in [-0.2, -0.15) is 8.42 Å². The Hall–Kier alpha value is -2.81. The van der Waals surface area contributed by atoms with E-state index in [4.69, 9.17) is 4.74 Å². The number of carbonyl (C=O) groups excluding carboxylic acids is 1. The Balaban J connectivity index is 1.78. The van der Waals surface area contributed by atoms with Gasteiger partial charge in [-0.1, -0.05) is 24.3 Å². The molecule has 1 fully saturated rings. The highest BCUT2D eigenvalue weighted by Gasteiger charge is 2.44. The number of benzene rings is 2. The zero-order valence-electron chi connectivity index (χ0n) is 17.5. The van der Waals surface area contributed by atoms with Gasteiger partial charge in [-0.15, -0.1) is 3.98 Å². The van der Waals surface area contributed by atoms with Crippen molar-refractivity contribution in [1.29, 1.82) is 0 Å². The molecule has 6 nitrogen and oxygen atoms in total. The van der Waals surface area contributed by atoms with E-state index in [0.717, 1.165) is 15.1 Å². The summed E-state index contributed by atoms with van der Waals surface area (Å²) in [6, 6.07) is 9.00. The van der Waals surface area contributed by atoms with Crippen molar-refractivity contribution in [3.8, 4) is 16.9 Å². The van der Waals surface area contributed by atoms with E-state index >= 15 is 0 Å². The molecule has 0 unspecified atom stereocenters. The Kier molecular flexibility index (Phi) is 6.28. The molecule has 170 valence electrons. The first kappa shape index (κ1) is 22.4. The van der Waals surface area contributed by atoms with Gasteiger partial charge in [-0.25, -0.2) is 8.78 Å². The van der Waals surface area contributed by atoms with Crippen molar-refractivity contribution >= 4 is 22.6 Å². The van der Waals surface area contributed by atoms with Crippen LogP contribution in [0.5, 0.6) is 5.75 Å². The fourth-order valence-corrected chi connectivity index (χ4v) is 5.33. The van der Waals surface area contributed by atoms with Gasteiger partial charge >= 0.3 is 10.0 Å². The smallest absolute Gasteiger partial charge is 0.393 e. The predicted octanol–water partition coefficient (Wildman–Crippen LogP) is 3.15. The summed E-state index contributed by atoms with van der Waals surface area (Å²) in [4.78, 5) is 14.7. The first-order valence-electron chi connectivity index (χ1n) is 10.5. The van der Waals surface area contributed by atoms with Crippen molar-refractivity contribution in [2.24, 2.45) is 0 Å². The molecule has 2 aliphatic rings. The summed E-state index contributed by atoms with van der Waals surface area (Å²) in [5, 5.41) is 0. The minimum Gasteiger partial charge on any atom is -0.492 e. The first-order chi connectivity index (χ1) is 15.3. The monoisotopic (exact) mass is 463 g/mol. The largest absolute Gasteiger partial charge is 0.492 e. The molecule has 2 atom stereocenters. The second kappa shape index (κ2) is 8.97. The van der Waals surface area contributed by atoms with Crippen LogP contribution in [0, 0.1) is 5.82 Å². The van der Waals surface area contributed by atoms with E-state index in [2.05, 4.69) is 6.72 Å². The van der Waals surface area contributed by atoms with Crippen LogP contribution in [-0.4, -0.2) is 61.2 Å². The molecule has 2 heterocycles. The van der Waals surface area contributed by atoms with E-state index in [1.165, 1.54) is 12.1 Å². The summed E-state index contributed by atoms with van der Waals surface area (Å²) in [5.41, 5.74) is 2.18. The van der Waals surface area contributed by atoms with Crippen molar-refractivity contribution in [3.63, 3.8) is 0 Å². The SMILES string of the molecule is C=[N+]([C@H]1CCCN2C(=O)CCOc3ccc(F)cc3-c3cccc(c3)C[C@@H]12)S(=O)(=O)CF. The zero-order valence-corrected chi connectivity index (χ0v) is 18.4. The number of alkyl halides is 1. The molecule has 2 aromatic rings. The highest BCUT2D eigenvalue weighted by atomic mass is 32.2. The second-order valence-electron chi connectivity index (χ2n) is 8.12. The van der Waals surface area contributed by atoms with Gasteiger partial charge in [-0.3, -0.25) is 4.79 Å². The average molecular weight is 464 g/mol. The van der Waals surface area contributed by atoms with Crippen LogP contribution in [0.4, 0.5) is 8.78 Å². The Morgan fingerprint density at radius 2 is 2.03 bits per heavy atom. The quantitative estimate of drug-likeness (QED) is 0.518. The summed E-state index contributed by atoms with van der Waals surface area (Å²) >= 11 is 0. The summed E-state index contributed by atoms with van der Waals surface area (Å²) in [7, 11) is -4.18. The van der Waals surface area contributed by atoms with Crippen LogP contribution >= 0.6 is 0 Å². The molecule has 0 N–H and O–H groups in total. The van der Waals surface area contributed by atoms with E-state index in [1.807, 2.05) is 24.3 Å². The lowest BCUT2D eigenvalue weighted by molar-refractivity contribution is -0.423. The van der Waals surface area contributed by atoms with Crippen LogP contribution in [-0.2, 0) is 21.2 Å². The molecule has 32 heavy (non-hydrogen) atoms. The molecule has 0 saturated carbocycles. The van der Waals surface area contributed by atoms with Crippen LogP contribution in [0.2, 0.25) is 0 Å². The molecule has 2 aromatic carbocycles. The minimum absolute atomic E-state index is 0.0843. The zero-order chi connectivity index (χ0) is 22.9. The molecule has 2 bridgehead atoms. The van der Waals surface area contributed by atoms with Crippen LogP contribution in [0.1, 0.15) is 24.8 Å². The number of hydrogen-bond donors (Lipinski definition) is 0. The van der Waals surface area contributed by atoms with Gasteiger partial charge in [0.25, 0.3) is 0 Å². The van der Waals surface area contributed by atoms with Crippen molar-refractivity contribution in [1.82, 2.24) is 4.90 Å². The van der Waals surface area contributed by atoms with Gasteiger partial charge in [-0.05, 0) is 42.2 Å². The van der Waals surface area contributed by atoms with E-state index in [0.29, 0.717) is 37.1 Å². The fraction of sp³-hybridized carbons (Fsp3) is 0.391. The molecule has 9 heteroatoms. The summed E-state index contributed by atoms with van der Waals surface area (Å²) in [5.74, 6) is -0.0855. The molecular formula is C23H25F2N2O4S+. The maximum Gasteiger partial charge on any atom is 0.393 e. The topological polar surface area (TPSA) is 66.7 Å². The van der Waals surface area contributed by atoms with E-state index in [9.17, 15) is 22.0 Å². The van der Waals surface area contributed by atoms with Crippen molar-refractivity contribution < 1.29 is 30.7 Å². The standard InChI is InChI=1S/C23H25F2N2O4S/c1-26(32(29,30)15-24)20-6-3-10-27-21(20)13-16-4-2-5-17(12-16)19-14-18(25)7-8-22(19)31-11-9-23(27)28/h2,4-5,7-8,12,14,20-21H,1,3,6,9-11,13,15H2/q+1/t20-,21-/m0/s1. The van der Waals surface area contributed by atoms with Gasteiger partial charge in [0.2, 0.25) is 11.9 Å². The lowest BCUT2D eigenvalue weighted by Crippen LogP contribution is -2.56. The summed E-state index contributed by atoms with van der Waals surface area (Å²) in [6.07, 6.45) is 1.51. The van der Waals surface area contributed by atoms with Gasteiger partial charge in [0.1, 0.15) is 18.3 Å². The Labute approximate surface area is 186 Å². The molecule has 0 aliphatic carbocycles. The summed E-state index contributed by atoms with van der Waals surface area (Å²) in [6.45, 7) is 4.20. The molecule has 0 spiro atoms. The molecule has 1 saturated heterocycles. The van der Waals surface area contributed by atoms with Crippen LogP contribution in [0.15, 0.2) is 42.5 Å². The molecule has 0 radical (unpaired) electrons. The van der Waals surface area contributed by atoms with Crippen molar-refractivity contribution in [2.75, 3.05) is 19.2 Å². The Bertz CT molecular complexity index is 1150. The highest BCUT2D eigenvalue weighted by molar-refractivity contribution is 7.85. The number of amides is 1. The number of hydrogen-bond acceptors (Lipinski definition) is 4. The van der Waals surface area contributed by atoms with E-state index < -0.39 is 33.9 Å². The highest BCUT2D eigenvalue weighted by Crippen LogP contribution is 2.33. The first-order valence-corrected chi connectivity index (χ1v) is 12.1. The van der Waals surface area contributed by atoms with Crippen molar-refractivity contribution in [3.05, 3.63) is 53.8 Å². The van der Waals surface area contributed by atoms with Gasteiger partial charge in [0, 0.05) is 18.5 Å². The third-order valence-corrected chi connectivity index (χ3v) is 7.39. The molecule has 4 rings (SSSR count). The third kappa shape index (κ3) is 4.39. The van der Waals surface area contributed by atoms with Crippen LogP contribution in [0.3, 0.4) is 0 Å². The lowest BCUT2D eigenvalue weighted by atomic mass is 9.89. The fourth-order valence-electron chi connectivity index (χ4n) is 4.55. The summed E-state index contributed by atoms with van der Waals surface area (Å²) < 4.78 is 58.2. The number of fused-ring (bicyclic) bond motifs is 5. The molecular weight excluding hydrogens is 438 g/mol. The normalized spacial score (nSPS) is 21.4. The molecule has 2 aliphatic heterocycles.